The first-order chi connectivity index (χ1) is 16.7. The number of aromatic amines is 1. The second-order valence-electron chi connectivity index (χ2n) is 7.88. The standard InChI is InChI=1S/C29H23N3O2/c1-2-33-28-17-20(15-24(18-30)29-31-25-9-5-6-10-26(25)32-29)12-14-27(28)34-19-21-11-13-22-7-3-4-8-23(22)16-21/h3-17H,2,19H2,1H3,(H,31,32)/b24-15+. The highest BCUT2D eigenvalue weighted by atomic mass is 16.5. The molecule has 0 aliphatic heterocycles. The van der Waals surface area contributed by atoms with Gasteiger partial charge in [-0.05, 0) is 65.2 Å². The number of nitrogens with one attached hydrogen (secondary N) is 1. The summed E-state index contributed by atoms with van der Waals surface area (Å²) < 4.78 is 12.0. The lowest BCUT2D eigenvalue weighted by atomic mass is 10.1. The predicted molar refractivity (Wildman–Crippen MR) is 135 cm³/mol. The number of hydrogen-bond donors (Lipinski definition) is 1. The van der Waals surface area contributed by atoms with E-state index in [4.69, 9.17) is 9.47 Å². The van der Waals surface area contributed by atoms with Crippen molar-refractivity contribution in [2.45, 2.75) is 13.5 Å². The minimum Gasteiger partial charge on any atom is -0.490 e. The summed E-state index contributed by atoms with van der Waals surface area (Å²) in [4.78, 5) is 7.75. The van der Waals surface area contributed by atoms with E-state index in [0.717, 1.165) is 22.2 Å². The van der Waals surface area contributed by atoms with E-state index in [0.29, 0.717) is 36.1 Å². The number of aromatic nitrogens is 2. The van der Waals surface area contributed by atoms with E-state index in [1.165, 1.54) is 10.8 Å². The van der Waals surface area contributed by atoms with Crippen molar-refractivity contribution >= 4 is 33.5 Å². The minimum absolute atomic E-state index is 0.433. The first-order valence-electron chi connectivity index (χ1n) is 11.2. The minimum atomic E-state index is 0.433. The van der Waals surface area contributed by atoms with E-state index in [-0.39, 0.29) is 0 Å². The van der Waals surface area contributed by atoms with Crippen molar-refractivity contribution in [2.24, 2.45) is 0 Å². The van der Waals surface area contributed by atoms with Crippen LogP contribution in [0.25, 0.3) is 33.5 Å². The third kappa shape index (κ3) is 4.48. The largest absolute Gasteiger partial charge is 0.490 e. The predicted octanol–water partition coefficient (Wildman–Crippen LogP) is 6.76. The molecule has 0 saturated carbocycles. The lowest BCUT2D eigenvalue weighted by molar-refractivity contribution is 0.269. The Bertz CT molecular complexity index is 1510. The van der Waals surface area contributed by atoms with Crippen LogP contribution in [0.3, 0.4) is 0 Å². The molecule has 0 atom stereocenters. The van der Waals surface area contributed by atoms with Gasteiger partial charge in [-0.3, -0.25) is 0 Å². The first-order valence-corrected chi connectivity index (χ1v) is 11.2. The van der Waals surface area contributed by atoms with Crippen molar-refractivity contribution in [1.82, 2.24) is 9.97 Å². The Labute approximate surface area is 197 Å². The summed E-state index contributed by atoms with van der Waals surface area (Å²) in [6.07, 6.45) is 1.80. The van der Waals surface area contributed by atoms with Gasteiger partial charge in [0.2, 0.25) is 0 Å². The van der Waals surface area contributed by atoms with E-state index in [9.17, 15) is 5.26 Å². The highest BCUT2D eigenvalue weighted by molar-refractivity contribution is 5.90. The van der Waals surface area contributed by atoms with Crippen molar-refractivity contribution in [3.63, 3.8) is 0 Å². The highest BCUT2D eigenvalue weighted by Crippen LogP contribution is 2.31. The van der Waals surface area contributed by atoms with Crippen LogP contribution in [0.4, 0.5) is 0 Å². The summed E-state index contributed by atoms with van der Waals surface area (Å²) in [5.41, 5.74) is 4.08. The summed E-state index contributed by atoms with van der Waals surface area (Å²) in [6, 6.07) is 30.2. The normalized spacial score (nSPS) is 11.5. The summed E-state index contributed by atoms with van der Waals surface area (Å²) in [7, 11) is 0. The van der Waals surface area contributed by atoms with E-state index < -0.39 is 0 Å². The Balaban J connectivity index is 1.39. The average molecular weight is 446 g/mol. The molecule has 0 fully saturated rings. The third-order valence-corrected chi connectivity index (χ3v) is 5.55. The molecular formula is C29H23N3O2. The van der Waals surface area contributed by atoms with Crippen LogP contribution in [0, 0.1) is 11.3 Å². The molecule has 1 aromatic heterocycles. The molecule has 4 aromatic carbocycles. The monoisotopic (exact) mass is 445 g/mol. The smallest absolute Gasteiger partial charge is 0.161 e. The average Bonchev–Trinajstić information content (AvgIpc) is 3.31. The molecular weight excluding hydrogens is 422 g/mol. The molecule has 0 radical (unpaired) electrons. The fraction of sp³-hybridized carbons (Fsp3) is 0.103. The number of ether oxygens (including phenoxy) is 2. The number of para-hydroxylation sites is 2. The van der Waals surface area contributed by atoms with Crippen molar-refractivity contribution in [2.75, 3.05) is 6.61 Å². The van der Waals surface area contributed by atoms with Crippen LogP contribution in [0.1, 0.15) is 23.9 Å². The van der Waals surface area contributed by atoms with Gasteiger partial charge in [0.15, 0.2) is 11.5 Å². The lowest BCUT2D eigenvalue weighted by Crippen LogP contribution is -2.00. The van der Waals surface area contributed by atoms with Gasteiger partial charge in [-0.25, -0.2) is 4.98 Å². The molecule has 34 heavy (non-hydrogen) atoms. The van der Waals surface area contributed by atoms with Crippen LogP contribution in [0.15, 0.2) is 84.9 Å². The van der Waals surface area contributed by atoms with E-state index >= 15 is 0 Å². The van der Waals surface area contributed by atoms with Crippen LogP contribution in [0.2, 0.25) is 0 Å². The Hall–Kier alpha value is -4.56. The first kappa shape index (κ1) is 21.3. The molecule has 0 spiro atoms. The molecule has 0 bridgehead atoms. The number of H-pyrrole nitrogens is 1. The quantitative estimate of drug-likeness (QED) is 0.281. The maximum atomic E-state index is 9.74. The second-order valence-corrected chi connectivity index (χ2v) is 7.88. The summed E-state index contributed by atoms with van der Waals surface area (Å²) in [6.45, 7) is 2.88. The number of fused-ring (bicyclic) bond motifs is 2. The lowest BCUT2D eigenvalue weighted by Gasteiger charge is -2.13. The molecule has 0 aliphatic rings. The summed E-state index contributed by atoms with van der Waals surface area (Å²) in [5, 5.41) is 12.1. The zero-order valence-corrected chi connectivity index (χ0v) is 18.8. The van der Waals surface area contributed by atoms with E-state index in [2.05, 4.69) is 46.4 Å². The van der Waals surface area contributed by atoms with Gasteiger partial charge in [-0.2, -0.15) is 5.26 Å². The number of nitrogens with zero attached hydrogens (tertiary/aromatic N) is 2. The van der Waals surface area contributed by atoms with Crippen molar-refractivity contribution in [3.05, 3.63) is 102 Å². The Morgan fingerprint density at radius 1 is 0.912 bits per heavy atom. The number of rotatable bonds is 7. The van der Waals surface area contributed by atoms with E-state index in [1.54, 1.807) is 6.08 Å². The molecule has 0 aliphatic carbocycles. The van der Waals surface area contributed by atoms with Gasteiger partial charge in [-0.15, -0.1) is 0 Å². The molecule has 1 N–H and O–H groups in total. The number of nitriles is 1. The summed E-state index contributed by atoms with van der Waals surface area (Å²) >= 11 is 0. The molecule has 5 nitrogen and oxygen atoms in total. The molecule has 5 rings (SSSR count). The summed E-state index contributed by atoms with van der Waals surface area (Å²) in [5.74, 6) is 1.84. The number of allylic oxidation sites excluding steroid dienone is 1. The maximum absolute atomic E-state index is 9.74. The topological polar surface area (TPSA) is 70.9 Å². The van der Waals surface area contributed by atoms with Crippen molar-refractivity contribution < 1.29 is 9.47 Å². The van der Waals surface area contributed by atoms with E-state index in [1.807, 2.05) is 61.5 Å². The van der Waals surface area contributed by atoms with Gasteiger partial charge in [0, 0.05) is 0 Å². The molecule has 166 valence electrons. The van der Waals surface area contributed by atoms with Gasteiger partial charge in [0.25, 0.3) is 0 Å². The Morgan fingerprint density at radius 3 is 2.56 bits per heavy atom. The number of imidazole rings is 1. The fourth-order valence-corrected chi connectivity index (χ4v) is 3.89. The fourth-order valence-electron chi connectivity index (χ4n) is 3.89. The van der Waals surface area contributed by atoms with Gasteiger partial charge < -0.3 is 14.5 Å². The van der Waals surface area contributed by atoms with Crippen molar-refractivity contribution in [3.8, 4) is 17.6 Å². The van der Waals surface area contributed by atoms with Crippen molar-refractivity contribution in [1.29, 1.82) is 5.26 Å². The number of benzene rings is 4. The van der Waals surface area contributed by atoms with Crippen LogP contribution in [-0.2, 0) is 6.61 Å². The number of hydrogen-bond acceptors (Lipinski definition) is 4. The molecule has 0 unspecified atom stereocenters. The third-order valence-electron chi connectivity index (χ3n) is 5.55. The molecule has 1 heterocycles. The second kappa shape index (κ2) is 9.51. The molecule has 0 saturated heterocycles. The SMILES string of the molecule is CCOc1cc(/C=C(\C#N)c2nc3ccccc3[nH]2)ccc1OCc1ccc2ccccc2c1. The Kier molecular flexibility index (Phi) is 5.96. The molecule has 0 amide bonds. The maximum Gasteiger partial charge on any atom is 0.161 e. The van der Waals surface area contributed by atoms with Gasteiger partial charge >= 0.3 is 0 Å². The van der Waals surface area contributed by atoms with Crippen LogP contribution < -0.4 is 9.47 Å². The zero-order chi connectivity index (χ0) is 23.3. The zero-order valence-electron chi connectivity index (χ0n) is 18.8. The Morgan fingerprint density at radius 2 is 1.74 bits per heavy atom. The van der Waals surface area contributed by atoms with Crippen LogP contribution in [-0.4, -0.2) is 16.6 Å². The molecule has 5 heteroatoms. The van der Waals surface area contributed by atoms with Gasteiger partial charge in [0.1, 0.15) is 18.5 Å². The van der Waals surface area contributed by atoms with Gasteiger partial charge in [0.05, 0.1) is 23.2 Å². The van der Waals surface area contributed by atoms with Gasteiger partial charge in [-0.1, -0.05) is 54.6 Å². The molecule has 5 aromatic rings. The van der Waals surface area contributed by atoms with Crippen LogP contribution in [0.5, 0.6) is 11.5 Å². The highest BCUT2D eigenvalue weighted by Gasteiger charge is 2.11. The van der Waals surface area contributed by atoms with Crippen LogP contribution >= 0.6 is 0 Å².